The van der Waals surface area contributed by atoms with Gasteiger partial charge in [-0.05, 0) is 34.0 Å². The number of rotatable bonds is 7. The minimum absolute atomic E-state index is 0.105. The van der Waals surface area contributed by atoms with Gasteiger partial charge in [-0.2, -0.15) is 0 Å². The summed E-state index contributed by atoms with van der Waals surface area (Å²) in [6.07, 6.45) is 0. The molecule has 26 heavy (non-hydrogen) atoms. The Morgan fingerprint density at radius 1 is 1.08 bits per heavy atom. The number of carbonyl (C=O) groups excluding carboxylic acids is 1. The van der Waals surface area contributed by atoms with Crippen LogP contribution in [0.1, 0.15) is 24.7 Å². The third kappa shape index (κ3) is 4.70. The molecule has 2 aromatic carbocycles. The van der Waals surface area contributed by atoms with E-state index in [2.05, 4.69) is 34.7 Å². The number of nitrogens with zero attached hydrogens (tertiary/aromatic N) is 4. The lowest BCUT2D eigenvalue weighted by molar-refractivity contribution is -0.115. The number of amides is 1. The Morgan fingerprint density at radius 2 is 1.73 bits per heavy atom. The lowest BCUT2D eigenvalue weighted by Gasteiger charge is -2.17. The molecule has 0 radical (unpaired) electrons. The van der Waals surface area contributed by atoms with Crippen LogP contribution >= 0.6 is 11.8 Å². The van der Waals surface area contributed by atoms with Gasteiger partial charge in [-0.3, -0.25) is 4.79 Å². The van der Waals surface area contributed by atoms with Gasteiger partial charge in [0.2, 0.25) is 11.1 Å². The largest absolute Gasteiger partial charge is 0.325 e. The Bertz CT molecular complexity index is 835. The molecule has 1 unspecified atom stereocenters. The van der Waals surface area contributed by atoms with Crippen molar-refractivity contribution in [3.63, 3.8) is 0 Å². The molecule has 0 bridgehead atoms. The van der Waals surface area contributed by atoms with E-state index in [1.165, 1.54) is 11.8 Å². The predicted octanol–water partition coefficient (Wildman–Crippen LogP) is 3.80. The molecular formula is C19H21N5OS. The molecule has 0 spiro atoms. The maximum Gasteiger partial charge on any atom is 0.242 e. The first-order chi connectivity index (χ1) is 12.6. The summed E-state index contributed by atoms with van der Waals surface area (Å²) >= 11 is 1.36. The Morgan fingerprint density at radius 3 is 2.38 bits per heavy atom. The molecular weight excluding hydrogens is 346 g/mol. The van der Waals surface area contributed by atoms with Crippen molar-refractivity contribution in [2.75, 3.05) is 5.32 Å². The summed E-state index contributed by atoms with van der Waals surface area (Å²) in [5, 5.41) is 15.1. The SMILES string of the molecule is CC(C)Cn1nnnc1SC(C(=O)Nc1ccccc1)c1ccccc1. The lowest BCUT2D eigenvalue weighted by atomic mass is 10.1. The number of hydrogen-bond acceptors (Lipinski definition) is 5. The number of anilines is 1. The van der Waals surface area contributed by atoms with E-state index in [0.29, 0.717) is 17.6 Å². The van der Waals surface area contributed by atoms with E-state index < -0.39 is 5.25 Å². The number of nitrogens with one attached hydrogen (secondary N) is 1. The average molecular weight is 367 g/mol. The third-order valence-corrected chi connectivity index (χ3v) is 4.87. The second-order valence-electron chi connectivity index (χ2n) is 6.30. The highest BCUT2D eigenvalue weighted by atomic mass is 32.2. The van der Waals surface area contributed by atoms with Crippen molar-refractivity contribution in [2.45, 2.75) is 30.8 Å². The lowest BCUT2D eigenvalue weighted by Crippen LogP contribution is -2.20. The maximum atomic E-state index is 13.0. The predicted molar refractivity (Wildman–Crippen MR) is 103 cm³/mol. The van der Waals surface area contributed by atoms with Crippen LogP contribution in [0.2, 0.25) is 0 Å². The van der Waals surface area contributed by atoms with Crippen LogP contribution in [0.15, 0.2) is 65.8 Å². The van der Waals surface area contributed by atoms with Crippen LogP contribution in [-0.2, 0) is 11.3 Å². The smallest absolute Gasteiger partial charge is 0.242 e. The fourth-order valence-electron chi connectivity index (χ4n) is 2.48. The highest BCUT2D eigenvalue weighted by molar-refractivity contribution is 8.00. The van der Waals surface area contributed by atoms with Crippen LogP contribution in [0.5, 0.6) is 0 Å². The molecule has 3 rings (SSSR count). The molecule has 3 aromatic rings. The van der Waals surface area contributed by atoms with Crippen molar-refractivity contribution in [2.24, 2.45) is 5.92 Å². The number of hydrogen-bond donors (Lipinski definition) is 1. The molecule has 1 amide bonds. The van der Waals surface area contributed by atoms with Gasteiger partial charge in [-0.15, -0.1) is 5.10 Å². The number of carbonyl (C=O) groups is 1. The summed E-state index contributed by atoms with van der Waals surface area (Å²) in [5.74, 6) is 0.303. The molecule has 0 saturated carbocycles. The van der Waals surface area contributed by atoms with Crippen LogP contribution in [0.4, 0.5) is 5.69 Å². The standard InChI is InChI=1S/C19H21N5OS/c1-14(2)13-24-19(21-22-23-24)26-17(15-9-5-3-6-10-15)18(25)20-16-11-7-4-8-12-16/h3-12,14,17H,13H2,1-2H3,(H,20,25). The first kappa shape index (κ1) is 18.1. The zero-order valence-electron chi connectivity index (χ0n) is 14.7. The summed E-state index contributed by atoms with van der Waals surface area (Å²) in [6.45, 7) is 4.91. The number of tetrazole rings is 1. The Labute approximate surface area is 157 Å². The molecule has 0 fully saturated rings. The summed E-state index contributed by atoms with van der Waals surface area (Å²) in [4.78, 5) is 13.0. The highest BCUT2D eigenvalue weighted by Crippen LogP contribution is 2.35. The maximum absolute atomic E-state index is 13.0. The molecule has 1 heterocycles. The highest BCUT2D eigenvalue weighted by Gasteiger charge is 2.25. The molecule has 0 saturated heterocycles. The summed E-state index contributed by atoms with van der Waals surface area (Å²) < 4.78 is 1.75. The van der Waals surface area contributed by atoms with Crippen molar-refractivity contribution in [3.05, 3.63) is 66.2 Å². The number of thioether (sulfide) groups is 1. The van der Waals surface area contributed by atoms with Crippen molar-refractivity contribution in [1.82, 2.24) is 20.2 Å². The molecule has 1 atom stereocenters. The molecule has 1 N–H and O–H groups in total. The number of para-hydroxylation sites is 1. The molecule has 0 aliphatic carbocycles. The molecule has 0 aliphatic rings. The van der Waals surface area contributed by atoms with E-state index in [1.807, 2.05) is 60.7 Å². The van der Waals surface area contributed by atoms with Crippen LogP contribution in [0.3, 0.4) is 0 Å². The number of aromatic nitrogens is 4. The van der Waals surface area contributed by atoms with Gasteiger partial charge in [0.05, 0.1) is 0 Å². The molecule has 134 valence electrons. The van der Waals surface area contributed by atoms with Crippen molar-refractivity contribution in [1.29, 1.82) is 0 Å². The zero-order valence-corrected chi connectivity index (χ0v) is 15.6. The van der Waals surface area contributed by atoms with Gasteiger partial charge in [0.15, 0.2) is 0 Å². The summed E-state index contributed by atoms with van der Waals surface area (Å²) in [6, 6.07) is 19.1. The molecule has 0 aliphatic heterocycles. The second-order valence-corrected chi connectivity index (χ2v) is 7.37. The summed E-state index contributed by atoms with van der Waals surface area (Å²) in [7, 11) is 0. The van der Waals surface area contributed by atoms with Gasteiger partial charge in [0, 0.05) is 12.2 Å². The fraction of sp³-hybridized carbons (Fsp3) is 0.263. The van der Waals surface area contributed by atoms with Gasteiger partial charge < -0.3 is 5.32 Å². The third-order valence-electron chi connectivity index (χ3n) is 3.64. The van der Waals surface area contributed by atoms with E-state index in [0.717, 1.165) is 11.3 Å². The van der Waals surface area contributed by atoms with Crippen LogP contribution in [-0.4, -0.2) is 26.1 Å². The summed E-state index contributed by atoms with van der Waals surface area (Å²) in [5.41, 5.74) is 1.67. The average Bonchev–Trinajstić information content (AvgIpc) is 3.07. The fourth-order valence-corrected chi connectivity index (χ4v) is 3.46. The van der Waals surface area contributed by atoms with E-state index in [1.54, 1.807) is 4.68 Å². The Balaban J connectivity index is 1.85. The van der Waals surface area contributed by atoms with Gasteiger partial charge in [0.25, 0.3) is 0 Å². The van der Waals surface area contributed by atoms with Gasteiger partial charge in [-0.25, -0.2) is 4.68 Å². The quantitative estimate of drug-likeness (QED) is 0.643. The van der Waals surface area contributed by atoms with Crippen LogP contribution in [0, 0.1) is 5.92 Å². The van der Waals surface area contributed by atoms with Crippen LogP contribution < -0.4 is 5.32 Å². The number of benzene rings is 2. The zero-order chi connectivity index (χ0) is 18.4. The van der Waals surface area contributed by atoms with Gasteiger partial charge in [-0.1, -0.05) is 74.1 Å². The first-order valence-electron chi connectivity index (χ1n) is 8.47. The molecule has 7 heteroatoms. The normalized spacial score (nSPS) is 12.1. The minimum Gasteiger partial charge on any atom is -0.325 e. The minimum atomic E-state index is -0.451. The van der Waals surface area contributed by atoms with E-state index >= 15 is 0 Å². The van der Waals surface area contributed by atoms with Crippen molar-refractivity contribution in [3.8, 4) is 0 Å². The van der Waals surface area contributed by atoms with E-state index in [4.69, 9.17) is 0 Å². The Hall–Kier alpha value is -2.67. The Kier molecular flexibility index (Phi) is 6.01. The van der Waals surface area contributed by atoms with E-state index in [-0.39, 0.29) is 5.91 Å². The molecule has 6 nitrogen and oxygen atoms in total. The topological polar surface area (TPSA) is 72.7 Å². The first-order valence-corrected chi connectivity index (χ1v) is 9.35. The van der Waals surface area contributed by atoms with E-state index in [9.17, 15) is 4.79 Å². The van der Waals surface area contributed by atoms with Crippen molar-refractivity contribution < 1.29 is 4.79 Å². The monoisotopic (exact) mass is 367 g/mol. The van der Waals surface area contributed by atoms with Gasteiger partial charge in [0.1, 0.15) is 5.25 Å². The van der Waals surface area contributed by atoms with Gasteiger partial charge >= 0.3 is 0 Å². The van der Waals surface area contributed by atoms with Crippen molar-refractivity contribution >= 4 is 23.4 Å². The molecule has 1 aromatic heterocycles. The van der Waals surface area contributed by atoms with Crippen LogP contribution in [0.25, 0.3) is 0 Å². The second kappa shape index (κ2) is 8.62.